The van der Waals surface area contributed by atoms with Crippen molar-refractivity contribution < 1.29 is 9.90 Å². The highest BCUT2D eigenvalue weighted by Crippen LogP contribution is 2.38. The average Bonchev–Trinajstić information content (AvgIpc) is 2.95. The molecule has 0 radical (unpaired) electrons. The molecule has 3 rings (SSSR count). The molecule has 0 aromatic carbocycles. The van der Waals surface area contributed by atoms with Crippen LogP contribution in [0.5, 0.6) is 0 Å². The van der Waals surface area contributed by atoms with Crippen molar-refractivity contribution in [3.05, 3.63) is 17.6 Å². The molecule has 1 saturated heterocycles. The fourth-order valence-electron chi connectivity index (χ4n) is 3.48. The Bertz CT molecular complexity index is 522. The van der Waals surface area contributed by atoms with Gasteiger partial charge in [0.15, 0.2) is 0 Å². The summed E-state index contributed by atoms with van der Waals surface area (Å²) < 4.78 is 0. The third kappa shape index (κ3) is 2.05. The van der Waals surface area contributed by atoms with Crippen molar-refractivity contribution in [2.45, 2.75) is 45.4 Å². The quantitative estimate of drug-likeness (QED) is 0.914. The monoisotopic (exact) mass is 275 g/mol. The van der Waals surface area contributed by atoms with Crippen molar-refractivity contribution in [1.29, 1.82) is 0 Å². The van der Waals surface area contributed by atoms with E-state index in [1.807, 2.05) is 6.92 Å². The predicted octanol–water partition coefficient (Wildman–Crippen LogP) is 2.05. The average molecular weight is 275 g/mol. The van der Waals surface area contributed by atoms with Crippen LogP contribution in [0.4, 0.5) is 5.82 Å². The second kappa shape index (κ2) is 5.04. The van der Waals surface area contributed by atoms with E-state index in [1.54, 1.807) is 6.33 Å². The highest BCUT2D eigenvalue weighted by atomic mass is 16.4. The van der Waals surface area contributed by atoms with E-state index in [0.717, 1.165) is 38.2 Å². The lowest BCUT2D eigenvalue weighted by atomic mass is 9.76. The summed E-state index contributed by atoms with van der Waals surface area (Å²) in [5.41, 5.74) is 1.93. The van der Waals surface area contributed by atoms with Crippen molar-refractivity contribution in [3.63, 3.8) is 0 Å². The van der Waals surface area contributed by atoms with Gasteiger partial charge in [0.25, 0.3) is 0 Å². The lowest BCUT2D eigenvalue weighted by Gasteiger charge is -2.39. The number of carbonyl (C=O) groups is 1. The van der Waals surface area contributed by atoms with E-state index in [9.17, 15) is 9.90 Å². The van der Waals surface area contributed by atoms with Crippen LogP contribution in [0, 0.1) is 5.41 Å². The minimum absolute atomic E-state index is 0.535. The van der Waals surface area contributed by atoms with Gasteiger partial charge in [0, 0.05) is 24.3 Å². The van der Waals surface area contributed by atoms with Crippen LogP contribution in [0.2, 0.25) is 0 Å². The van der Waals surface area contributed by atoms with E-state index in [4.69, 9.17) is 0 Å². The van der Waals surface area contributed by atoms with Gasteiger partial charge in [0.2, 0.25) is 0 Å². The number of hydrogen-bond acceptors (Lipinski definition) is 4. The summed E-state index contributed by atoms with van der Waals surface area (Å²) in [5, 5.41) is 9.46. The Kier molecular flexibility index (Phi) is 3.36. The van der Waals surface area contributed by atoms with E-state index in [0.29, 0.717) is 19.3 Å². The van der Waals surface area contributed by atoms with Crippen molar-refractivity contribution in [3.8, 4) is 0 Å². The van der Waals surface area contributed by atoms with Gasteiger partial charge in [-0.3, -0.25) is 4.79 Å². The Hall–Kier alpha value is -1.65. The van der Waals surface area contributed by atoms with Crippen molar-refractivity contribution in [1.82, 2.24) is 9.97 Å². The molecule has 0 saturated carbocycles. The minimum Gasteiger partial charge on any atom is -0.481 e. The number of piperidine rings is 1. The van der Waals surface area contributed by atoms with E-state index in [2.05, 4.69) is 14.9 Å². The SMILES string of the molecule is CCC1(C(=O)O)CCN(c2ncnc3c2CCC3)CC1. The summed E-state index contributed by atoms with van der Waals surface area (Å²) in [6.07, 6.45) is 7.03. The molecule has 0 atom stereocenters. The Morgan fingerprint density at radius 1 is 1.35 bits per heavy atom. The zero-order chi connectivity index (χ0) is 14.2. The molecule has 2 heterocycles. The van der Waals surface area contributed by atoms with Crippen LogP contribution in [0.15, 0.2) is 6.33 Å². The predicted molar refractivity (Wildman–Crippen MR) is 75.9 cm³/mol. The molecule has 2 aliphatic rings. The topological polar surface area (TPSA) is 66.3 Å². The smallest absolute Gasteiger partial charge is 0.309 e. The van der Waals surface area contributed by atoms with E-state index >= 15 is 0 Å². The molecule has 1 aliphatic heterocycles. The maximum absolute atomic E-state index is 11.5. The second-order valence-electron chi connectivity index (χ2n) is 5.90. The van der Waals surface area contributed by atoms with Crippen LogP contribution in [-0.4, -0.2) is 34.1 Å². The van der Waals surface area contributed by atoms with Crippen LogP contribution in [-0.2, 0) is 17.6 Å². The van der Waals surface area contributed by atoms with Crippen molar-refractivity contribution >= 4 is 11.8 Å². The Labute approximate surface area is 119 Å². The largest absolute Gasteiger partial charge is 0.481 e. The molecule has 1 fully saturated rings. The summed E-state index contributed by atoms with van der Waals surface area (Å²) in [4.78, 5) is 22.6. The molecule has 0 bridgehead atoms. The molecule has 5 nitrogen and oxygen atoms in total. The molecule has 1 aromatic heterocycles. The number of aliphatic carboxylic acids is 1. The first kappa shape index (κ1) is 13.3. The first-order valence-electron chi connectivity index (χ1n) is 7.47. The third-order valence-corrected chi connectivity index (χ3v) is 5.00. The summed E-state index contributed by atoms with van der Waals surface area (Å²) in [7, 11) is 0. The number of carboxylic acids is 1. The first-order valence-corrected chi connectivity index (χ1v) is 7.47. The zero-order valence-electron chi connectivity index (χ0n) is 11.9. The van der Waals surface area contributed by atoms with Gasteiger partial charge in [-0.15, -0.1) is 0 Å². The Balaban J connectivity index is 1.79. The molecule has 0 spiro atoms. The Morgan fingerprint density at radius 3 is 2.75 bits per heavy atom. The van der Waals surface area contributed by atoms with Gasteiger partial charge < -0.3 is 10.0 Å². The fourth-order valence-corrected chi connectivity index (χ4v) is 3.48. The van der Waals surface area contributed by atoms with Crippen LogP contribution in [0.1, 0.15) is 43.9 Å². The number of hydrogen-bond donors (Lipinski definition) is 1. The number of anilines is 1. The van der Waals surface area contributed by atoms with Gasteiger partial charge in [-0.1, -0.05) is 6.92 Å². The highest BCUT2D eigenvalue weighted by molar-refractivity contribution is 5.75. The first-order chi connectivity index (χ1) is 9.66. The molecule has 20 heavy (non-hydrogen) atoms. The van der Waals surface area contributed by atoms with E-state index in [-0.39, 0.29) is 0 Å². The standard InChI is InChI=1S/C15H21N3O2/c1-2-15(14(19)20)6-8-18(9-7-15)13-11-4-3-5-12(11)16-10-17-13/h10H,2-9H2,1H3,(H,19,20). The zero-order valence-corrected chi connectivity index (χ0v) is 11.9. The highest BCUT2D eigenvalue weighted by Gasteiger charge is 2.40. The van der Waals surface area contributed by atoms with Gasteiger partial charge in [-0.2, -0.15) is 0 Å². The van der Waals surface area contributed by atoms with Crippen molar-refractivity contribution in [2.75, 3.05) is 18.0 Å². The van der Waals surface area contributed by atoms with Crippen LogP contribution in [0.3, 0.4) is 0 Å². The maximum atomic E-state index is 11.5. The van der Waals surface area contributed by atoms with Gasteiger partial charge in [0.1, 0.15) is 12.1 Å². The number of aryl methyl sites for hydroxylation is 1. The normalized spacial score (nSPS) is 20.8. The Morgan fingerprint density at radius 2 is 2.10 bits per heavy atom. The van der Waals surface area contributed by atoms with Crippen LogP contribution >= 0.6 is 0 Å². The summed E-state index contributed by atoms with van der Waals surface area (Å²) in [5.74, 6) is 0.398. The second-order valence-corrected chi connectivity index (χ2v) is 5.90. The van der Waals surface area contributed by atoms with Crippen molar-refractivity contribution in [2.24, 2.45) is 5.41 Å². The summed E-state index contributed by atoms with van der Waals surface area (Å²) in [6.45, 7) is 3.54. The van der Waals surface area contributed by atoms with Gasteiger partial charge in [-0.25, -0.2) is 9.97 Å². The number of aromatic nitrogens is 2. The third-order valence-electron chi connectivity index (χ3n) is 5.00. The number of fused-ring (bicyclic) bond motifs is 1. The number of nitrogens with zero attached hydrogens (tertiary/aromatic N) is 3. The van der Waals surface area contributed by atoms with Crippen LogP contribution < -0.4 is 4.90 Å². The molecule has 5 heteroatoms. The lowest BCUT2D eigenvalue weighted by molar-refractivity contribution is -0.150. The van der Waals surface area contributed by atoms with Gasteiger partial charge >= 0.3 is 5.97 Å². The van der Waals surface area contributed by atoms with Gasteiger partial charge in [0.05, 0.1) is 5.41 Å². The number of rotatable bonds is 3. The molecule has 1 N–H and O–H groups in total. The van der Waals surface area contributed by atoms with Crippen LogP contribution in [0.25, 0.3) is 0 Å². The summed E-state index contributed by atoms with van der Waals surface area (Å²) in [6, 6.07) is 0. The van der Waals surface area contributed by atoms with Gasteiger partial charge in [-0.05, 0) is 38.5 Å². The van der Waals surface area contributed by atoms with E-state index in [1.165, 1.54) is 11.3 Å². The molecule has 0 unspecified atom stereocenters. The lowest BCUT2D eigenvalue weighted by Crippen LogP contribution is -2.44. The van der Waals surface area contributed by atoms with E-state index < -0.39 is 11.4 Å². The molecular formula is C15H21N3O2. The molecule has 108 valence electrons. The minimum atomic E-state index is -0.646. The maximum Gasteiger partial charge on any atom is 0.309 e. The summed E-state index contributed by atoms with van der Waals surface area (Å²) >= 11 is 0. The molecule has 1 aliphatic carbocycles. The fraction of sp³-hybridized carbons (Fsp3) is 0.667. The molecular weight excluding hydrogens is 254 g/mol. The molecule has 1 aromatic rings. The molecule has 0 amide bonds. The number of carboxylic acid groups (broad SMARTS) is 1.